The van der Waals surface area contributed by atoms with Gasteiger partial charge in [0, 0.05) is 18.2 Å². The van der Waals surface area contributed by atoms with Crippen LogP contribution in [-0.4, -0.2) is 13.7 Å². The summed E-state index contributed by atoms with van der Waals surface area (Å²) in [5.74, 6) is 1.70. The maximum absolute atomic E-state index is 5.85. The summed E-state index contributed by atoms with van der Waals surface area (Å²) in [7, 11) is 1.70. The molecule has 0 amide bonds. The van der Waals surface area contributed by atoms with Crippen molar-refractivity contribution in [1.82, 2.24) is 5.32 Å². The van der Waals surface area contributed by atoms with Gasteiger partial charge in [-0.3, -0.25) is 0 Å². The second-order valence-corrected chi connectivity index (χ2v) is 5.42. The number of benzene rings is 2. The number of methoxy groups -OCH3 is 1. The fourth-order valence-electron chi connectivity index (χ4n) is 2.21. The molecule has 2 aromatic carbocycles. The van der Waals surface area contributed by atoms with E-state index in [1.54, 1.807) is 7.11 Å². The van der Waals surface area contributed by atoms with Crippen LogP contribution in [-0.2, 0) is 13.2 Å². The van der Waals surface area contributed by atoms with E-state index < -0.39 is 0 Å². The zero-order valence-electron chi connectivity index (χ0n) is 13.7. The Bertz CT molecular complexity index is 578. The first-order valence-corrected chi connectivity index (χ1v) is 7.79. The maximum Gasteiger partial charge on any atom is 0.127 e. The summed E-state index contributed by atoms with van der Waals surface area (Å²) in [5.41, 5.74) is 3.58. The Morgan fingerprint density at radius 2 is 1.82 bits per heavy atom. The van der Waals surface area contributed by atoms with Gasteiger partial charge in [0.2, 0.25) is 0 Å². The summed E-state index contributed by atoms with van der Waals surface area (Å²) in [4.78, 5) is 0. The number of rotatable bonds is 8. The van der Waals surface area contributed by atoms with E-state index in [0.717, 1.165) is 36.6 Å². The Morgan fingerprint density at radius 1 is 1.05 bits per heavy atom. The summed E-state index contributed by atoms with van der Waals surface area (Å²) < 4.78 is 11.3. The molecule has 1 N–H and O–H groups in total. The Hall–Kier alpha value is -2.00. The number of hydrogen-bond acceptors (Lipinski definition) is 3. The van der Waals surface area contributed by atoms with Crippen LogP contribution in [0.3, 0.4) is 0 Å². The van der Waals surface area contributed by atoms with E-state index in [0.29, 0.717) is 6.61 Å². The molecular formula is C19H25NO2. The van der Waals surface area contributed by atoms with Crippen molar-refractivity contribution in [2.45, 2.75) is 33.4 Å². The molecule has 0 bridgehead atoms. The molecule has 22 heavy (non-hydrogen) atoms. The van der Waals surface area contributed by atoms with E-state index >= 15 is 0 Å². The van der Waals surface area contributed by atoms with E-state index in [1.165, 1.54) is 11.1 Å². The van der Waals surface area contributed by atoms with Gasteiger partial charge in [-0.05, 0) is 31.5 Å². The normalized spacial score (nSPS) is 10.5. The highest BCUT2D eigenvalue weighted by atomic mass is 16.5. The minimum atomic E-state index is 0.566. The van der Waals surface area contributed by atoms with E-state index in [2.05, 4.69) is 49.5 Å². The van der Waals surface area contributed by atoms with Crippen molar-refractivity contribution >= 4 is 0 Å². The Balaban J connectivity index is 1.97. The van der Waals surface area contributed by atoms with Gasteiger partial charge in [-0.25, -0.2) is 0 Å². The predicted octanol–water partition coefficient (Wildman–Crippen LogP) is 4.08. The second kappa shape index (κ2) is 8.44. The topological polar surface area (TPSA) is 30.5 Å². The molecule has 0 aliphatic rings. The van der Waals surface area contributed by atoms with Gasteiger partial charge in [-0.1, -0.05) is 42.8 Å². The van der Waals surface area contributed by atoms with Crippen LogP contribution in [0.5, 0.6) is 11.5 Å². The van der Waals surface area contributed by atoms with Crippen molar-refractivity contribution in [3.63, 3.8) is 0 Å². The number of nitrogens with one attached hydrogen (secondary N) is 1. The molecule has 0 heterocycles. The molecule has 3 nitrogen and oxygen atoms in total. The van der Waals surface area contributed by atoms with Crippen LogP contribution >= 0.6 is 0 Å². The van der Waals surface area contributed by atoms with Crippen molar-refractivity contribution in [3.8, 4) is 11.5 Å². The lowest BCUT2D eigenvalue weighted by atomic mass is 10.1. The van der Waals surface area contributed by atoms with Crippen molar-refractivity contribution in [1.29, 1.82) is 0 Å². The lowest BCUT2D eigenvalue weighted by Gasteiger charge is -2.12. The largest absolute Gasteiger partial charge is 0.496 e. The molecule has 0 aromatic heterocycles. The highest BCUT2D eigenvalue weighted by Gasteiger charge is 2.05. The van der Waals surface area contributed by atoms with E-state index in [1.807, 2.05) is 12.1 Å². The molecule has 0 aliphatic heterocycles. The van der Waals surface area contributed by atoms with Gasteiger partial charge in [0.25, 0.3) is 0 Å². The molecule has 3 heteroatoms. The third kappa shape index (κ3) is 4.78. The standard InChI is InChI=1S/C19H25NO2/c1-4-11-20-13-17-9-10-18(12-19(17)21-3)22-14-16-7-5-15(2)6-8-16/h5-10,12,20H,4,11,13-14H2,1-3H3. The third-order valence-corrected chi connectivity index (χ3v) is 3.53. The predicted molar refractivity (Wildman–Crippen MR) is 90.5 cm³/mol. The number of ether oxygens (including phenoxy) is 2. The summed E-state index contributed by atoms with van der Waals surface area (Å²) in [6.07, 6.45) is 1.13. The molecule has 0 saturated heterocycles. The Morgan fingerprint density at radius 3 is 2.50 bits per heavy atom. The average Bonchev–Trinajstić information content (AvgIpc) is 2.55. The Labute approximate surface area is 133 Å². The van der Waals surface area contributed by atoms with Crippen LogP contribution in [0, 0.1) is 6.92 Å². The van der Waals surface area contributed by atoms with Crippen molar-refractivity contribution < 1.29 is 9.47 Å². The minimum Gasteiger partial charge on any atom is -0.496 e. The minimum absolute atomic E-state index is 0.566. The molecule has 0 saturated carbocycles. The van der Waals surface area contributed by atoms with Gasteiger partial charge in [0.05, 0.1) is 7.11 Å². The number of hydrogen-bond donors (Lipinski definition) is 1. The van der Waals surface area contributed by atoms with Gasteiger partial charge in [-0.2, -0.15) is 0 Å². The summed E-state index contributed by atoms with van der Waals surface area (Å²) >= 11 is 0. The number of aryl methyl sites for hydroxylation is 1. The highest BCUT2D eigenvalue weighted by molar-refractivity contribution is 5.40. The monoisotopic (exact) mass is 299 g/mol. The molecule has 2 aromatic rings. The summed E-state index contributed by atoms with van der Waals surface area (Å²) in [6.45, 7) is 6.63. The zero-order chi connectivity index (χ0) is 15.8. The second-order valence-electron chi connectivity index (χ2n) is 5.42. The van der Waals surface area contributed by atoms with Crippen LogP contribution in [0.1, 0.15) is 30.0 Å². The highest BCUT2D eigenvalue weighted by Crippen LogP contribution is 2.25. The fraction of sp³-hybridized carbons (Fsp3) is 0.368. The molecule has 0 fully saturated rings. The molecule has 2 rings (SSSR count). The van der Waals surface area contributed by atoms with E-state index in [-0.39, 0.29) is 0 Å². The lowest BCUT2D eigenvalue weighted by Crippen LogP contribution is -2.14. The van der Waals surface area contributed by atoms with Crippen molar-refractivity contribution in [2.75, 3.05) is 13.7 Å². The first-order valence-electron chi connectivity index (χ1n) is 7.79. The van der Waals surface area contributed by atoms with Gasteiger partial charge >= 0.3 is 0 Å². The summed E-state index contributed by atoms with van der Waals surface area (Å²) in [6, 6.07) is 14.4. The van der Waals surface area contributed by atoms with Crippen LogP contribution in [0.4, 0.5) is 0 Å². The first-order chi connectivity index (χ1) is 10.7. The van der Waals surface area contributed by atoms with Crippen molar-refractivity contribution in [3.05, 3.63) is 59.2 Å². The molecule has 0 atom stereocenters. The lowest BCUT2D eigenvalue weighted by molar-refractivity contribution is 0.303. The molecular weight excluding hydrogens is 274 g/mol. The van der Waals surface area contributed by atoms with Crippen LogP contribution in [0.25, 0.3) is 0 Å². The average molecular weight is 299 g/mol. The molecule has 0 aliphatic carbocycles. The zero-order valence-corrected chi connectivity index (χ0v) is 13.7. The molecule has 0 spiro atoms. The Kier molecular flexibility index (Phi) is 6.28. The van der Waals surface area contributed by atoms with Crippen LogP contribution in [0.15, 0.2) is 42.5 Å². The van der Waals surface area contributed by atoms with E-state index in [9.17, 15) is 0 Å². The van der Waals surface area contributed by atoms with Gasteiger partial charge in [0.15, 0.2) is 0 Å². The van der Waals surface area contributed by atoms with Crippen molar-refractivity contribution in [2.24, 2.45) is 0 Å². The molecule has 0 radical (unpaired) electrons. The van der Waals surface area contributed by atoms with Crippen LogP contribution in [0.2, 0.25) is 0 Å². The summed E-state index contributed by atoms with van der Waals surface area (Å²) in [5, 5.41) is 3.39. The first kappa shape index (κ1) is 16.4. The smallest absolute Gasteiger partial charge is 0.127 e. The van der Waals surface area contributed by atoms with Crippen LogP contribution < -0.4 is 14.8 Å². The quantitative estimate of drug-likeness (QED) is 0.745. The molecule has 0 unspecified atom stereocenters. The maximum atomic E-state index is 5.85. The molecule has 118 valence electrons. The van der Waals surface area contributed by atoms with Gasteiger partial charge in [0.1, 0.15) is 18.1 Å². The SMILES string of the molecule is CCCNCc1ccc(OCc2ccc(C)cc2)cc1OC. The third-order valence-electron chi connectivity index (χ3n) is 3.53. The van der Waals surface area contributed by atoms with Gasteiger partial charge in [-0.15, -0.1) is 0 Å². The fourth-order valence-corrected chi connectivity index (χ4v) is 2.21. The van der Waals surface area contributed by atoms with Gasteiger partial charge < -0.3 is 14.8 Å². The van der Waals surface area contributed by atoms with E-state index in [4.69, 9.17) is 9.47 Å².